The number of nitrogens with zero attached hydrogens (tertiary/aromatic N) is 1. The van der Waals surface area contributed by atoms with Crippen molar-refractivity contribution in [1.29, 1.82) is 0 Å². The van der Waals surface area contributed by atoms with Crippen LogP contribution < -0.4 is 10.5 Å². The van der Waals surface area contributed by atoms with Gasteiger partial charge in [-0.15, -0.1) is 0 Å². The van der Waals surface area contributed by atoms with Gasteiger partial charge in [-0.05, 0) is 18.4 Å². The molecule has 15 heavy (non-hydrogen) atoms. The molecule has 86 valence electrons. The molecule has 2 atom stereocenters. The highest BCUT2D eigenvalue weighted by Gasteiger charge is 2.26. The minimum atomic E-state index is -0.967. The third-order valence-electron chi connectivity index (χ3n) is 3.43. The SMILES string of the molecule is NCC(CC1=NCS(=O)N1)C1CCCC1. The smallest absolute Gasteiger partial charge is 0.140 e. The topological polar surface area (TPSA) is 67.5 Å². The second kappa shape index (κ2) is 5.07. The summed E-state index contributed by atoms with van der Waals surface area (Å²) in [4.78, 5) is 4.23. The van der Waals surface area contributed by atoms with Crippen LogP contribution in [0.25, 0.3) is 0 Å². The van der Waals surface area contributed by atoms with Gasteiger partial charge in [-0.3, -0.25) is 9.71 Å². The van der Waals surface area contributed by atoms with E-state index in [9.17, 15) is 4.21 Å². The monoisotopic (exact) mass is 229 g/mol. The molecule has 0 aromatic rings. The van der Waals surface area contributed by atoms with Crippen LogP contribution in [0.1, 0.15) is 32.1 Å². The number of hydrogen-bond acceptors (Lipinski definition) is 3. The van der Waals surface area contributed by atoms with Crippen LogP contribution in [0.3, 0.4) is 0 Å². The first-order valence-corrected chi connectivity index (χ1v) is 7.00. The zero-order valence-corrected chi connectivity index (χ0v) is 9.76. The van der Waals surface area contributed by atoms with Crippen LogP contribution in [0.2, 0.25) is 0 Å². The molecule has 4 nitrogen and oxygen atoms in total. The van der Waals surface area contributed by atoms with Crippen molar-refractivity contribution in [2.24, 2.45) is 22.6 Å². The highest BCUT2D eigenvalue weighted by atomic mass is 32.2. The molecule has 2 unspecified atom stereocenters. The van der Waals surface area contributed by atoms with E-state index in [0.717, 1.165) is 24.7 Å². The van der Waals surface area contributed by atoms with Crippen molar-refractivity contribution >= 4 is 16.8 Å². The lowest BCUT2D eigenvalue weighted by Gasteiger charge is -2.21. The number of nitrogens with two attached hydrogens (primary N) is 1. The van der Waals surface area contributed by atoms with Gasteiger partial charge in [0.15, 0.2) is 0 Å². The zero-order chi connectivity index (χ0) is 10.7. The summed E-state index contributed by atoms with van der Waals surface area (Å²) in [5.74, 6) is 2.59. The summed E-state index contributed by atoms with van der Waals surface area (Å²) in [6, 6.07) is 0. The van der Waals surface area contributed by atoms with Crippen molar-refractivity contribution in [1.82, 2.24) is 4.72 Å². The van der Waals surface area contributed by atoms with Crippen molar-refractivity contribution < 1.29 is 4.21 Å². The Labute approximate surface area is 93.3 Å². The minimum Gasteiger partial charge on any atom is -0.330 e. The van der Waals surface area contributed by atoms with Gasteiger partial charge in [0.2, 0.25) is 0 Å². The lowest BCUT2D eigenvalue weighted by molar-refractivity contribution is 0.356. The first kappa shape index (κ1) is 11.1. The molecule has 1 aliphatic carbocycles. The molecule has 0 radical (unpaired) electrons. The largest absolute Gasteiger partial charge is 0.330 e. The number of hydrogen-bond donors (Lipinski definition) is 2. The van der Waals surface area contributed by atoms with Crippen LogP contribution in [0.4, 0.5) is 0 Å². The van der Waals surface area contributed by atoms with Gasteiger partial charge in [0.05, 0.1) is 0 Å². The van der Waals surface area contributed by atoms with Gasteiger partial charge in [0.25, 0.3) is 0 Å². The van der Waals surface area contributed by atoms with Gasteiger partial charge in [-0.2, -0.15) is 0 Å². The Kier molecular flexibility index (Phi) is 3.75. The first-order valence-electron chi connectivity index (χ1n) is 5.68. The van der Waals surface area contributed by atoms with E-state index in [-0.39, 0.29) is 0 Å². The van der Waals surface area contributed by atoms with E-state index in [4.69, 9.17) is 5.73 Å². The fourth-order valence-electron chi connectivity index (χ4n) is 2.56. The fraction of sp³-hybridized carbons (Fsp3) is 0.900. The Morgan fingerprint density at radius 2 is 2.27 bits per heavy atom. The van der Waals surface area contributed by atoms with Gasteiger partial charge in [-0.1, -0.05) is 25.7 Å². The summed E-state index contributed by atoms with van der Waals surface area (Å²) in [6.45, 7) is 0.720. The van der Waals surface area contributed by atoms with E-state index in [1.807, 2.05) is 0 Å². The second-order valence-corrected chi connectivity index (χ2v) is 5.58. The molecule has 2 rings (SSSR count). The molecule has 0 saturated heterocycles. The average Bonchev–Trinajstić information content (AvgIpc) is 2.85. The molecule has 0 aromatic heterocycles. The summed E-state index contributed by atoms with van der Waals surface area (Å²) >= 11 is 0. The Bertz CT molecular complexity index is 274. The van der Waals surface area contributed by atoms with Crippen molar-refractivity contribution in [2.45, 2.75) is 32.1 Å². The highest BCUT2D eigenvalue weighted by Crippen LogP contribution is 2.32. The summed E-state index contributed by atoms with van der Waals surface area (Å²) in [5.41, 5.74) is 5.81. The molecule has 1 heterocycles. The summed E-state index contributed by atoms with van der Waals surface area (Å²) < 4.78 is 14.0. The summed E-state index contributed by atoms with van der Waals surface area (Å²) in [7, 11) is -0.967. The van der Waals surface area contributed by atoms with E-state index >= 15 is 0 Å². The fourth-order valence-corrected chi connectivity index (χ4v) is 3.31. The molecule has 0 bridgehead atoms. The van der Waals surface area contributed by atoms with Crippen LogP contribution in [0.15, 0.2) is 4.99 Å². The highest BCUT2D eigenvalue weighted by molar-refractivity contribution is 7.83. The maximum atomic E-state index is 11.1. The molecule has 2 aliphatic rings. The van der Waals surface area contributed by atoms with E-state index in [0.29, 0.717) is 11.8 Å². The number of nitrogens with one attached hydrogen (secondary N) is 1. The van der Waals surface area contributed by atoms with Crippen LogP contribution >= 0.6 is 0 Å². The normalized spacial score (nSPS) is 28.9. The number of amidine groups is 1. The molecule has 1 saturated carbocycles. The maximum Gasteiger partial charge on any atom is 0.140 e. The second-order valence-electron chi connectivity index (χ2n) is 4.43. The Morgan fingerprint density at radius 1 is 1.53 bits per heavy atom. The lowest BCUT2D eigenvalue weighted by atomic mass is 9.88. The zero-order valence-electron chi connectivity index (χ0n) is 8.95. The van der Waals surface area contributed by atoms with E-state index < -0.39 is 11.0 Å². The molecule has 1 fully saturated rings. The molecular weight excluding hydrogens is 210 g/mol. The number of aliphatic imine (C=N–C) groups is 1. The van der Waals surface area contributed by atoms with Crippen molar-refractivity contribution in [3.8, 4) is 0 Å². The minimum absolute atomic E-state index is 0.414. The molecule has 0 amide bonds. The van der Waals surface area contributed by atoms with Gasteiger partial charge in [-0.25, -0.2) is 4.21 Å². The Morgan fingerprint density at radius 3 is 2.80 bits per heavy atom. The quantitative estimate of drug-likeness (QED) is 0.747. The summed E-state index contributed by atoms with van der Waals surface area (Å²) in [6.07, 6.45) is 6.17. The first-order chi connectivity index (χ1) is 7.29. The van der Waals surface area contributed by atoms with Crippen molar-refractivity contribution in [3.05, 3.63) is 0 Å². The van der Waals surface area contributed by atoms with Gasteiger partial charge >= 0.3 is 0 Å². The van der Waals surface area contributed by atoms with Crippen molar-refractivity contribution in [3.63, 3.8) is 0 Å². The molecule has 0 spiro atoms. The van der Waals surface area contributed by atoms with Crippen LogP contribution in [0.5, 0.6) is 0 Å². The van der Waals surface area contributed by atoms with Gasteiger partial charge in [0.1, 0.15) is 22.7 Å². The van der Waals surface area contributed by atoms with Crippen LogP contribution in [0, 0.1) is 11.8 Å². The third-order valence-corrected chi connectivity index (χ3v) is 4.26. The molecule has 0 aromatic carbocycles. The van der Waals surface area contributed by atoms with Crippen molar-refractivity contribution in [2.75, 3.05) is 12.4 Å². The third kappa shape index (κ3) is 2.78. The Hall–Kier alpha value is -0.420. The molecular formula is C10H19N3OS. The predicted octanol–water partition coefficient (Wildman–Crippen LogP) is 0.764. The Balaban J connectivity index is 1.87. The van der Waals surface area contributed by atoms with Gasteiger partial charge < -0.3 is 5.73 Å². The van der Waals surface area contributed by atoms with E-state index in [1.165, 1.54) is 25.7 Å². The van der Waals surface area contributed by atoms with E-state index in [1.54, 1.807) is 0 Å². The predicted molar refractivity (Wildman–Crippen MR) is 62.7 cm³/mol. The molecule has 5 heteroatoms. The number of rotatable bonds is 4. The molecule has 3 N–H and O–H groups in total. The van der Waals surface area contributed by atoms with Crippen LogP contribution in [-0.4, -0.2) is 22.5 Å². The average molecular weight is 229 g/mol. The standard InChI is InChI=1S/C10H19N3OS/c11-6-9(8-3-1-2-4-8)5-10-12-7-15(14)13-10/h8-9H,1-7,11H2,(H,12,13). The summed E-state index contributed by atoms with van der Waals surface area (Å²) in [5, 5.41) is 0. The van der Waals surface area contributed by atoms with Gasteiger partial charge in [0, 0.05) is 6.42 Å². The maximum absolute atomic E-state index is 11.1. The lowest BCUT2D eigenvalue weighted by Crippen LogP contribution is -2.29. The van der Waals surface area contributed by atoms with Crippen LogP contribution in [-0.2, 0) is 11.0 Å². The van der Waals surface area contributed by atoms with E-state index in [2.05, 4.69) is 9.71 Å². The molecule has 1 aliphatic heterocycles.